The molecule has 1 aliphatic heterocycles. The average Bonchev–Trinajstić information content (AvgIpc) is 2.77. The Balaban J connectivity index is 1.74. The summed E-state index contributed by atoms with van der Waals surface area (Å²) in [5.41, 5.74) is 1.56. The summed E-state index contributed by atoms with van der Waals surface area (Å²) in [4.78, 5) is 14.9. The van der Waals surface area contributed by atoms with Gasteiger partial charge in [-0.15, -0.1) is 0 Å². The second-order valence-electron chi connectivity index (χ2n) is 7.28. The van der Waals surface area contributed by atoms with Gasteiger partial charge in [-0.3, -0.25) is 9.69 Å². The zero-order valence-corrected chi connectivity index (χ0v) is 17.1. The molecule has 0 spiro atoms. The lowest BCUT2D eigenvalue weighted by molar-refractivity contribution is 0.0983. The first-order chi connectivity index (χ1) is 14.1. The number of Topliss-reactive ketones (excluding diaryl/α,β-unsaturated/α-hetero) is 1. The Bertz CT molecular complexity index is 804. The molecule has 2 aromatic rings. The summed E-state index contributed by atoms with van der Waals surface area (Å²) >= 11 is 0. The predicted molar refractivity (Wildman–Crippen MR) is 111 cm³/mol. The van der Waals surface area contributed by atoms with Crippen LogP contribution in [-0.4, -0.2) is 51.1 Å². The van der Waals surface area contributed by atoms with Crippen molar-refractivity contribution in [2.45, 2.75) is 25.3 Å². The van der Waals surface area contributed by atoms with E-state index in [9.17, 15) is 9.18 Å². The van der Waals surface area contributed by atoms with Crippen molar-refractivity contribution >= 4 is 5.78 Å². The van der Waals surface area contributed by atoms with E-state index in [1.807, 2.05) is 18.2 Å². The van der Waals surface area contributed by atoms with Crippen LogP contribution in [0.25, 0.3) is 0 Å². The van der Waals surface area contributed by atoms with Gasteiger partial charge in [0.25, 0.3) is 0 Å². The summed E-state index contributed by atoms with van der Waals surface area (Å²) in [6.45, 7) is 2.83. The van der Waals surface area contributed by atoms with Crippen LogP contribution in [0.2, 0.25) is 0 Å². The molecule has 29 heavy (non-hydrogen) atoms. The van der Waals surface area contributed by atoms with Gasteiger partial charge in [0.1, 0.15) is 17.3 Å². The third-order valence-electron chi connectivity index (χ3n) is 5.42. The quantitative estimate of drug-likeness (QED) is 0.648. The number of rotatable bonds is 9. The molecule has 1 saturated heterocycles. The molecule has 0 aromatic heterocycles. The fourth-order valence-corrected chi connectivity index (χ4v) is 3.83. The van der Waals surface area contributed by atoms with E-state index in [1.165, 1.54) is 30.7 Å². The molecule has 0 amide bonds. The Hall–Kier alpha value is -2.44. The number of hydrogen-bond acceptors (Lipinski definition) is 5. The van der Waals surface area contributed by atoms with Gasteiger partial charge >= 0.3 is 0 Å². The minimum Gasteiger partial charge on any atom is -0.497 e. The molecule has 0 bridgehead atoms. The molecule has 5 nitrogen and oxygen atoms in total. The molecule has 1 aliphatic rings. The molecule has 2 aromatic carbocycles. The summed E-state index contributed by atoms with van der Waals surface area (Å²) in [5.74, 6) is 1.20. The van der Waals surface area contributed by atoms with Gasteiger partial charge in [0.05, 0.1) is 26.8 Å². The van der Waals surface area contributed by atoms with Gasteiger partial charge in [-0.25, -0.2) is 4.39 Å². The number of halogens is 1. The number of methoxy groups -OCH3 is 2. The molecule has 1 atom stereocenters. The highest BCUT2D eigenvalue weighted by atomic mass is 19.1. The fourth-order valence-electron chi connectivity index (χ4n) is 3.83. The number of nitrogens with one attached hydrogen (secondary N) is 1. The molecule has 1 unspecified atom stereocenters. The second kappa shape index (κ2) is 10.4. The SMILES string of the molecule is COc1ccc(OC)c(C(CNCC(=O)c2ccc(F)cc2)N2CCCCC2)c1. The number of hydrogen-bond donors (Lipinski definition) is 1. The van der Waals surface area contributed by atoms with Crippen LogP contribution in [0, 0.1) is 5.82 Å². The molecule has 1 fully saturated rings. The van der Waals surface area contributed by atoms with E-state index in [2.05, 4.69) is 10.2 Å². The van der Waals surface area contributed by atoms with E-state index in [0.29, 0.717) is 12.1 Å². The van der Waals surface area contributed by atoms with E-state index >= 15 is 0 Å². The van der Waals surface area contributed by atoms with Crippen LogP contribution < -0.4 is 14.8 Å². The van der Waals surface area contributed by atoms with Crippen molar-refractivity contribution in [3.05, 3.63) is 59.4 Å². The zero-order valence-electron chi connectivity index (χ0n) is 17.1. The third-order valence-corrected chi connectivity index (χ3v) is 5.42. The first-order valence-corrected chi connectivity index (χ1v) is 10.1. The van der Waals surface area contributed by atoms with Gasteiger partial charge in [0.2, 0.25) is 0 Å². The first-order valence-electron chi connectivity index (χ1n) is 10.1. The number of ether oxygens (including phenoxy) is 2. The summed E-state index contributed by atoms with van der Waals surface area (Å²) in [6, 6.07) is 11.6. The number of carbonyl (C=O) groups is 1. The summed E-state index contributed by atoms with van der Waals surface area (Å²) in [7, 11) is 3.32. The van der Waals surface area contributed by atoms with E-state index in [4.69, 9.17) is 9.47 Å². The molecule has 156 valence electrons. The minimum absolute atomic E-state index is 0.0556. The van der Waals surface area contributed by atoms with Crippen LogP contribution in [0.1, 0.15) is 41.2 Å². The monoisotopic (exact) mass is 400 g/mol. The largest absolute Gasteiger partial charge is 0.497 e. The summed E-state index contributed by atoms with van der Waals surface area (Å²) in [5, 5.41) is 3.30. The van der Waals surface area contributed by atoms with Crippen LogP contribution in [0.5, 0.6) is 11.5 Å². The number of benzene rings is 2. The van der Waals surface area contributed by atoms with E-state index in [0.717, 1.165) is 43.0 Å². The molecule has 3 rings (SSSR count). The standard InChI is InChI=1S/C23H29FN2O3/c1-28-19-10-11-23(29-2)20(14-19)21(26-12-4-3-5-13-26)15-25-16-22(27)17-6-8-18(24)9-7-17/h6-11,14,21,25H,3-5,12-13,15-16H2,1-2H3. The Morgan fingerprint density at radius 3 is 2.45 bits per heavy atom. The molecule has 6 heteroatoms. The predicted octanol–water partition coefficient (Wildman–Crippen LogP) is 3.84. The maximum Gasteiger partial charge on any atom is 0.176 e. The van der Waals surface area contributed by atoms with Crippen molar-refractivity contribution in [3.63, 3.8) is 0 Å². The lowest BCUT2D eigenvalue weighted by Gasteiger charge is -2.35. The number of likely N-dealkylation sites (tertiary alicyclic amines) is 1. The lowest BCUT2D eigenvalue weighted by atomic mass is 10.00. The van der Waals surface area contributed by atoms with Crippen LogP contribution in [0.15, 0.2) is 42.5 Å². The Kier molecular flexibility index (Phi) is 7.61. The Morgan fingerprint density at radius 1 is 1.07 bits per heavy atom. The van der Waals surface area contributed by atoms with Gasteiger partial charge in [0, 0.05) is 17.7 Å². The van der Waals surface area contributed by atoms with Crippen molar-refractivity contribution in [2.75, 3.05) is 40.4 Å². The molecule has 1 heterocycles. The topological polar surface area (TPSA) is 50.8 Å². The van der Waals surface area contributed by atoms with Gasteiger partial charge in [-0.2, -0.15) is 0 Å². The molecular weight excluding hydrogens is 371 g/mol. The molecule has 0 radical (unpaired) electrons. The number of piperidine rings is 1. The van der Waals surface area contributed by atoms with E-state index < -0.39 is 0 Å². The van der Waals surface area contributed by atoms with Crippen LogP contribution >= 0.6 is 0 Å². The number of carbonyl (C=O) groups excluding carboxylic acids is 1. The molecule has 0 saturated carbocycles. The maximum absolute atomic E-state index is 13.1. The molecule has 1 N–H and O–H groups in total. The van der Waals surface area contributed by atoms with E-state index in [-0.39, 0.29) is 24.2 Å². The van der Waals surface area contributed by atoms with Crippen molar-refractivity contribution < 1.29 is 18.7 Å². The van der Waals surface area contributed by atoms with Crippen molar-refractivity contribution in [1.29, 1.82) is 0 Å². The smallest absolute Gasteiger partial charge is 0.176 e. The molecular formula is C23H29FN2O3. The third kappa shape index (κ3) is 5.55. The normalized spacial score (nSPS) is 15.7. The highest BCUT2D eigenvalue weighted by Crippen LogP contribution is 2.33. The van der Waals surface area contributed by atoms with Crippen LogP contribution in [0.3, 0.4) is 0 Å². The summed E-state index contributed by atoms with van der Waals surface area (Å²) < 4.78 is 24.1. The number of ketones is 1. The Labute approximate surface area is 171 Å². The Morgan fingerprint density at radius 2 is 1.79 bits per heavy atom. The molecule has 0 aliphatic carbocycles. The fraction of sp³-hybridized carbons (Fsp3) is 0.435. The van der Waals surface area contributed by atoms with Crippen molar-refractivity contribution in [2.24, 2.45) is 0 Å². The van der Waals surface area contributed by atoms with Crippen LogP contribution in [0.4, 0.5) is 4.39 Å². The number of nitrogens with zero attached hydrogens (tertiary/aromatic N) is 1. The van der Waals surface area contributed by atoms with Gasteiger partial charge in [-0.05, 0) is 68.4 Å². The average molecular weight is 400 g/mol. The van der Waals surface area contributed by atoms with Crippen LogP contribution in [-0.2, 0) is 0 Å². The van der Waals surface area contributed by atoms with E-state index in [1.54, 1.807) is 14.2 Å². The summed E-state index contributed by atoms with van der Waals surface area (Å²) in [6.07, 6.45) is 3.57. The zero-order chi connectivity index (χ0) is 20.6. The second-order valence-corrected chi connectivity index (χ2v) is 7.28. The minimum atomic E-state index is -0.343. The maximum atomic E-state index is 13.1. The lowest BCUT2D eigenvalue weighted by Crippen LogP contribution is -2.40. The van der Waals surface area contributed by atoms with Crippen molar-refractivity contribution in [1.82, 2.24) is 10.2 Å². The van der Waals surface area contributed by atoms with Crippen molar-refractivity contribution in [3.8, 4) is 11.5 Å². The van der Waals surface area contributed by atoms with Gasteiger partial charge in [0.15, 0.2) is 5.78 Å². The first kappa shape index (κ1) is 21.3. The highest BCUT2D eigenvalue weighted by Gasteiger charge is 2.25. The van der Waals surface area contributed by atoms with Gasteiger partial charge < -0.3 is 14.8 Å². The highest BCUT2D eigenvalue weighted by molar-refractivity contribution is 5.97. The van der Waals surface area contributed by atoms with Gasteiger partial charge in [-0.1, -0.05) is 6.42 Å².